The lowest BCUT2D eigenvalue weighted by molar-refractivity contribution is 0.186. The first kappa shape index (κ1) is 20.8. The molecule has 0 amide bonds. The highest BCUT2D eigenvalue weighted by atomic mass is 16.5. The molecule has 0 heterocycles. The van der Waals surface area contributed by atoms with Gasteiger partial charge in [0.1, 0.15) is 5.75 Å². The minimum Gasteiger partial charge on any atom is -0.491 e. The van der Waals surface area contributed by atoms with Gasteiger partial charge in [0.25, 0.3) is 0 Å². The van der Waals surface area contributed by atoms with E-state index in [0.717, 1.165) is 30.8 Å². The molecule has 0 aliphatic heterocycles. The van der Waals surface area contributed by atoms with Crippen molar-refractivity contribution in [2.75, 3.05) is 19.6 Å². The lowest BCUT2D eigenvalue weighted by Crippen LogP contribution is -2.38. The summed E-state index contributed by atoms with van der Waals surface area (Å²) in [5, 5.41) is 16.9. The van der Waals surface area contributed by atoms with Gasteiger partial charge in [-0.1, -0.05) is 42.5 Å². The summed E-state index contributed by atoms with van der Waals surface area (Å²) in [4.78, 5) is 4.50. The van der Waals surface area contributed by atoms with Crippen LogP contribution < -0.4 is 15.4 Å². The number of hydrogen-bond acceptors (Lipinski definition) is 3. The van der Waals surface area contributed by atoms with Crippen LogP contribution >= 0.6 is 0 Å². The molecular weight excluding hydrogens is 338 g/mol. The number of aliphatic hydroxyl groups excluding tert-OH is 1. The summed E-state index contributed by atoms with van der Waals surface area (Å²) in [6.07, 6.45) is 0.406. The van der Waals surface area contributed by atoms with Gasteiger partial charge in [0.2, 0.25) is 0 Å². The predicted octanol–water partition coefficient (Wildman–Crippen LogP) is 3.31. The van der Waals surface area contributed by atoms with Gasteiger partial charge in [0, 0.05) is 13.1 Å². The second-order valence-corrected chi connectivity index (χ2v) is 6.63. The van der Waals surface area contributed by atoms with Gasteiger partial charge in [-0.2, -0.15) is 0 Å². The van der Waals surface area contributed by atoms with Gasteiger partial charge < -0.3 is 20.5 Å². The third-order valence-corrected chi connectivity index (χ3v) is 3.95. The number of nitrogens with zero attached hydrogens (tertiary/aromatic N) is 1. The van der Waals surface area contributed by atoms with E-state index < -0.39 is 6.10 Å². The van der Waals surface area contributed by atoms with E-state index >= 15 is 0 Å². The van der Waals surface area contributed by atoms with Crippen LogP contribution in [0.2, 0.25) is 0 Å². The molecule has 146 valence electrons. The molecule has 0 aromatic heterocycles. The van der Waals surface area contributed by atoms with Crippen LogP contribution in [0.1, 0.15) is 38.0 Å². The number of nitrogens with one attached hydrogen (secondary N) is 2. The standard InChI is InChI=1S/C22H31N3O2/c1-4-23-22(24-15-14-18-8-6-5-7-9-18)25-16-21(26)19-10-12-20(13-11-19)27-17(2)3/h5-13,17,21,26H,4,14-16H2,1-3H3,(H2,23,24,25). The van der Waals surface area contributed by atoms with Crippen molar-refractivity contribution < 1.29 is 9.84 Å². The van der Waals surface area contributed by atoms with Crippen molar-refractivity contribution in [2.24, 2.45) is 4.99 Å². The van der Waals surface area contributed by atoms with E-state index in [9.17, 15) is 5.11 Å². The zero-order valence-electron chi connectivity index (χ0n) is 16.5. The first-order valence-electron chi connectivity index (χ1n) is 9.59. The lowest BCUT2D eigenvalue weighted by Gasteiger charge is -2.14. The molecule has 0 aliphatic carbocycles. The number of ether oxygens (including phenoxy) is 1. The summed E-state index contributed by atoms with van der Waals surface area (Å²) in [6, 6.07) is 17.9. The summed E-state index contributed by atoms with van der Waals surface area (Å²) in [6.45, 7) is 7.86. The molecule has 5 nitrogen and oxygen atoms in total. The SMILES string of the molecule is CCNC(=NCC(O)c1ccc(OC(C)C)cc1)NCCc1ccccc1. The van der Waals surface area contributed by atoms with E-state index in [1.807, 2.05) is 63.2 Å². The molecule has 0 fully saturated rings. The lowest BCUT2D eigenvalue weighted by atomic mass is 10.1. The summed E-state index contributed by atoms with van der Waals surface area (Å²) in [5.41, 5.74) is 2.11. The van der Waals surface area contributed by atoms with Crippen molar-refractivity contribution in [1.82, 2.24) is 10.6 Å². The molecule has 27 heavy (non-hydrogen) atoms. The Balaban J connectivity index is 1.86. The molecule has 3 N–H and O–H groups in total. The monoisotopic (exact) mass is 369 g/mol. The maximum atomic E-state index is 10.4. The highest BCUT2D eigenvalue weighted by molar-refractivity contribution is 5.79. The molecule has 0 spiro atoms. The number of rotatable bonds is 9. The number of aliphatic imine (C=N–C) groups is 1. The number of hydrogen-bond donors (Lipinski definition) is 3. The van der Waals surface area contributed by atoms with Gasteiger partial charge in [-0.15, -0.1) is 0 Å². The van der Waals surface area contributed by atoms with Crippen molar-refractivity contribution >= 4 is 5.96 Å². The maximum absolute atomic E-state index is 10.4. The van der Waals surface area contributed by atoms with Crippen LogP contribution in [0.5, 0.6) is 5.75 Å². The average molecular weight is 370 g/mol. The largest absolute Gasteiger partial charge is 0.491 e. The fraction of sp³-hybridized carbons (Fsp3) is 0.409. The highest BCUT2D eigenvalue weighted by Crippen LogP contribution is 2.19. The van der Waals surface area contributed by atoms with Gasteiger partial charge in [-0.25, -0.2) is 0 Å². The molecule has 0 radical (unpaired) electrons. The molecule has 1 atom stereocenters. The van der Waals surface area contributed by atoms with Crippen molar-refractivity contribution in [2.45, 2.75) is 39.4 Å². The van der Waals surface area contributed by atoms with Crippen LogP contribution in [-0.2, 0) is 6.42 Å². The minimum atomic E-state index is -0.650. The molecule has 0 bridgehead atoms. The smallest absolute Gasteiger partial charge is 0.191 e. The topological polar surface area (TPSA) is 65.9 Å². The van der Waals surface area contributed by atoms with Crippen molar-refractivity contribution in [3.8, 4) is 5.75 Å². The average Bonchev–Trinajstić information content (AvgIpc) is 2.67. The normalized spacial score (nSPS) is 12.7. The Morgan fingerprint density at radius 2 is 1.74 bits per heavy atom. The summed E-state index contributed by atoms with van der Waals surface area (Å²) in [5.74, 6) is 1.52. The Bertz CT molecular complexity index is 684. The molecule has 0 aliphatic rings. The zero-order valence-corrected chi connectivity index (χ0v) is 16.5. The molecule has 0 saturated heterocycles. The fourth-order valence-corrected chi connectivity index (χ4v) is 2.64. The van der Waals surface area contributed by atoms with Crippen LogP contribution in [0.25, 0.3) is 0 Å². The summed E-state index contributed by atoms with van der Waals surface area (Å²) >= 11 is 0. The Kier molecular flexibility index (Phi) is 8.65. The van der Waals surface area contributed by atoms with Gasteiger partial charge in [0.15, 0.2) is 5.96 Å². The van der Waals surface area contributed by atoms with Crippen molar-refractivity contribution in [3.63, 3.8) is 0 Å². The number of guanidine groups is 1. The van der Waals surface area contributed by atoms with E-state index in [1.165, 1.54) is 5.56 Å². The molecule has 2 aromatic rings. The van der Waals surface area contributed by atoms with E-state index in [2.05, 4.69) is 27.8 Å². The molecule has 5 heteroatoms. The summed E-state index contributed by atoms with van der Waals surface area (Å²) < 4.78 is 5.63. The second kappa shape index (κ2) is 11.2. The van der Waals surface area contributed by atoms with Crippen molar-refractivity contribution in [3.05, 3.63) is 65.7 Å². The van der Waals surface area contributed by atoms with E-state index in [0.29, 0.717) is 12.5 Å². The van der Waals surface area contributed by atoms with E-state index in [4.69, 9.17) is 4.74 Å². The molecule has 1 unspecified atom stereocenters. The van der Waals surface area contributed by atoms with Crippen LogP contribution in [0.3, 0.4) is 0 Å². The molecule has 2 aromatic carbocycles. The van der Waals surface area contributed by atoms with Crippen LogP contribution in [0.15, 0.2) is 59.6 Å². The molecule has 0 saturated carbocycles. The van der Waals surface area contributed by atoms with E-state index in [-0.39, 0.29) is 6.10 Å². The van der Waals surface area contributed by atoms with Gasteiger partial charge in [0.05, 0.1) is 18.8 Å². The maximum Gasteiger partial charge on any atom is 0.191 e. The zero-order chi connectivity index (χ0) is 19.5. The van der Waals surface area contributed by atoms with Gasteiger partial charge >= 0.3 is 0 Å². The van der Waals surface area contributed by atoms with Crippen LogP contribution in [0.4, 0.5) is 0 Å². The third kappa shape index (κ3) is 7.71. The second-order valence-electron chi connectivity index (χ2n) is 6.63. The summed E-state index contributed by atoms with van der Waals surface area (Å²) in [7, 11) is 0. The Morgan fingerprint density at radius 3 is 2.37 bits per heavy atom. The van der Waals surface area contributed by atoms with E-state index in [1.54, 1.807) is 0 Å². The van der Waals surface area contributed by atoms with Crippen LogP contribution in [0, 0.1) is 0 Å². The van der Waals surface area contributed by atoms with Crippen molar-refractivity contribution in [1.29, 1.82) is 0 Å². The predicted molar refractivity (Wildman–Crippen MR) is 111 cm³/mol. The van der Waals surface area contributed by atoms with Gasteiger partial charge in [-0.05, 0) is 50.5 Å². The minimum absolute atomic E-state index is 0.134. The fourth-order valence-electron chi connectivity index (χ4n) is 2.64. The third-order valence-electron chi connectivity index (χ3n) is 3.95. The Morgan fingerprint density at radius 1 is 1.04 bits per heavy atom. The quantitative estimate of drug-likeness (QED) is 0.469. The number of benzene rings is 2. The first-order valence-corrected chi connectivity index (χ1v) is 9.59. The first-order chi connectivity index (χ1) is 13.1. The highest BCUT2D eigenvalue weighted by Gasteiger charge is 2.08. The van der Waals surface area contributed by atoms with Crippen LogP contribution in [-0.4, -0.2) is 36.8 Å². The molecule has 2 rings (SSSR count). The Hall–Kier alpha value is -2.53. The molecular formula is C22H31N3O2. The van der Waals surface area contributed by atoms with Gasteiger partial charge in [-0.3, -0.25) is 4.99 Å². The number of aliphatic hydroxyl groups is 1. The Labute approximate surface area is 162 Å².